The normalized spacial score (nSPS) is 12.5. The van der Waals surface area contributed by atoms with Crippen LogP contribution in [0.3, 0.4) is 0 Å². The number of rotatable bonds is 9. The summed E-state index contributed by atoms with van der Waals surface area (Å²) in [7, 11) is 0. The van der Waals surface area contributed by atoms with Crippen LogP contribution in [-0.4, -0.2) is 19.6 Å². The van der Waals surface area contributed by atoms with E-state index < -0.39 is 5.89 Å². The topological polar surface area (TPSA) is 50.9 Å². The Hall–Kier alpha value is -5.57. The average Bonchev–Trinajstić information content (AvgIpc) is 3.65. The van der Waals surface area contributed by atoms with Crippen molar-refractivity contribution in [2.75, 3.05) is 0 Å². The summed E-state index contributed by atoms with van der Waals surface area (Å²) in [6.45, 7) is 25.9. The van der Waals surface area contributed by atoms with Crippen molar-refractivity contribution in [2.45, 2.75) is 112 Å². The van der Waals surface area contributed by atoms with E-state index in [1.165, 1.54) is 11.1 Å². The van der Waals surface area contributed by atoms with Crippen LogP contribution in [0.5, 0.6) is 5.75 Å². The molecule has 0 fully saturated rings. The van der Waals surface area contributed by atoms with Crippen molar-refractivity contribution in [3.63, 3.8) is 0 Å². The number of benzene rings is 6. The Balaban J connectivity index is 0.00000630. The molecule has 0 saturated carbocycles. The summed E-state index contributed by atoms with van der Waals surface area (Å²) in [4.78, 5) is 10.5. The van der Waals surface area contributed by atoms with Gasteiger partial charge in [0, 0.05) is 39.9 Å². The van der Waals surface area contributed by atoms with Gasteiger partial charge in [0.05, 0.1) is 22.3 Å². The Morgan fingerprint density at radius 1 is 0.594 bits per heavy atom. The van der Waals surface area contributed by atoms with Gasteiger partial charge in [-0.3, -0.25) is 9.55 Å². The predicted octanol–water partition coefficient (Wildman–Crippen LogP) is 16.2. The molecule has 8 aromatic rings. The summed E-state index contributed by atoms with van der Waals surface area (Å²) in [6.07, 6.45) is 1.90. The zero-order valence-corrected chi connectivity index (χ0v) is 41.7. The summed E-state index contributed by atoms with van der Waals surface area (Å²) in [6, 6.07) is 48.8. The Morgan fingerprint density at radius 3 is 1.91 bits per heavy atom. The van der Waals surface area contributed by atoms with Crippen LogP contribution >= 0.6 is 0 Å². The standard InChI is InChI=1S/C59H62N3O.Pt/c1-36(2)41-23-26-53(50(32-41)40-17-14-13-15-18-40)62-54-20-16-19-48(55(54)61-57(62)51-34-43(37(3)4)33-49(38(5)6)56(51)63)44-29-45(31-47(30-44)59(10,11)12)52-35-42(27-28-60-52)39-21-24-46(25-22-39)58(7,8)9;/h13-28,30-38,63H,1-12H3;/q-1;/i36D;. The average molecular weight is 1030 g/mol. The minimum atomic E-state index is -0.817. The number of hydrogen-bond donors (Lipinski definition) is 1. The van der Waals surface area contributed by atoms with E-state index in [4.69, 9.17) is 11.3 Å². The van der Waals surface area contributed by atoms with Gasteiger partial charge in [0.2, 0.25) is 0 Å². The minimum Gasteiger partial charge on any atom is -0.507 e. The maximum atomic E-state index is 12.3. The number of fused-ring (bicyclic) bond motifs is 1. The van der Waals surface area contributed by atoms with Crippen LogP contribution in [0.4, 0.5) is 0 Å². The van der Waals surface area contributed by atoms with Crippen molar-refractivity contribution < 1.29 is 27.5 Å². The molecule has 1 N–H and O–H groups in total. The predicted molar refractivity (Wildman–Crippen MR) is 266 cm³/mol. The van der Waals surface area contributed by atoms with Crippen molar-refractivity contribution >= 4 is 11.0 Å². The fraction of sp³-hybridized carbons (Fsp3) is 0.288. The fourth-order valence-corrected chi connectivity index (χ4v) is 8.46. The van der Waals surface area contributed by atoms with E-state index in [-0.39, 0.29) is 49.5 Å². The molecule has 8 rings (SSSR count). The number of aromatic hydroxyl groups is 1. The second kappa shape index (κ2) is 18.1. The number of pyridine rings is 1. The fourth-order valence-electron chi connectivity index (χ4n) is 8.46. The largest absolute Gasteiger partial charge is 0.507 e. The van der Waals surface area contributed by atoms with E-state index in [1.807, 2.05) is 26.1 Å². The Kier molecular flexibility index (Phi) is 12.8. The molecule has 0 saturated heterocycles. The number of phenols is 1. The molecule has 2 heterocycles. The summed E-state index contributed by atoms with van der Waals surface area (Å²) in [5.41, 5.74) is 16.5. The molecule has 0 aliphatic heterocycles. The number of aromatic nitrogens is 3. The zero-order valence-electron chi connectivity index (χ0n) is 40.5. The summed E-state index contributed by atoms with van der Waals surface area (Å²) >= 11 is 0. The first-order chi connectivity index (χ1) is 30.2. The molecule has 6 aromatic carbocycles. The number of phenolic OH excluding ortho intramolecular Hbond substituents is 1. The van der Waals surface area contributed by atoms with Crippen LogP contribution in [0.2, 0.25) is 0 Å². The first kappa shape index (κ1) is 45.0. The molecule has 0 radical (unpaired) electrons. The van der Waals surface area contributed by atoms with Crippen molar-refractivity contribution in [2.24, 2.45) is 0 Å². The first-order valence-electron chi connectivity index (χ1n) is 22.9. The molecule has 0 atom stereocenters. The molecule has 2 aromatic heterocycles. The molecular weight excluding hydrogens is 962 g/mol. The van der Waals surface area contributed by atoms with Gasteiger partial charge in [-0.15, -0.1) is 29.3 Å². The zero-order chi connectivity index (χ0) is 45.9. The third-order valence-electron chi connectivity index (χ3n) is 12.4. The molecule has 0 aliphatic rings. The Bertz CT molecular complexity index is 3000. The summed E-state index contributed by atoms with van der Waals surface area (Å²) in [5, 5.41) is 12.3. The van der Waals surface area contributed by atoms with Gasteiger partial charge >= 0.3 is 0 Å². The van der Waals surface area contributed by atoms with Gasteiger partial charge in [0.1, 0.15) is 11.6 Å². The van der Waals surface area contributed by atoms with E-state index in [9.17, 15) is 5.11 Å². The van der Waals surface area contributed by atoms with Crippen molar-refractivity contribution in [1.29, 1.82) is 0 Å². The second-order valence-corrected chi connectivity index (χ2v) is 20.1. The Morgan fingerprint density at radius 2 is 1.27 bits per heavy atom. The quantitative estimate of drug-likeness (QED) is 0.147. The van der Waals surface area contributed by atoms with E-state index in [2.05, 4.69) is 201 Å². The molecule has 5 heteroatoms. The summed E-state index contributed by atoms with van der Waals surface area (Å²) in [5.74, 6) is 0.394. The molecule has 0 spiro atoms. The van der Waals surface area contributed by atoms with Crippen LogP contribution in [0.25, 0.3) is 72.7 Å². The smallest absolute Gasteiger partial charge is 0.148 e. The van der Waals surface area contributed by atoms with Crippen LogP contribution in [0.1, 0.15) is 130 Å². The minimum absolute atomic E-state index is 0. The molecule has 330 valence electrons. The monoisotopic (exact) mass is 1020 g/mol. The van der Waals surface area contributed by atoms with Gasteiger partial charge in [-0.1, -0.05) is 179 Å². The number of hydrogen-bond acceptors (Lipinski definition) is 3. The van der Waals surface area contributed by atoms with Crippen LogP contribution < -0.4 is 0 Å². The number of imidazole rings is 1. The summed E-state index contributed by atoms with van der Waals surface area (Å²) < 4.78 is 11.2. The van der Waals surface area contributed by atoms with Crippen LogP contribution in [-0.2, 0) is 31.9 Å². The van der Waals surface area contributed by atoms with Gasteiger partial charge in [-0.2, -0.15) is 0 Å². The van der Waals surface area contributed by atoms with Crippen LogP contribution in [0.15, 0.2) is 134 Å². The van der Waals surface area contributed by atoms with Gasteiger partial charge in [0.15, 0.2) is 0 Å². The van der Waals surface area contributed by atoms with Gasteiger partial charge in [-0.25, -0.2) is 4.98 Å². The van der Waals surface area contributed by atoms with Crippen molar-refractivity contribution in [3.8, 4) is 67.5 Å². The van der Waals surface area contributed by atoms with Crippen LogP contribution in [0, 0.1) is 6.07 Å². The number of para-hydroxylation sites is 1. The van der Waals surface area contributed by atoms with Gasteiger partial charge < -0.3 is 5.11 Å². The molecule has 0 amide bonds. The molecule has 4 nitrogen and oxygen atoms in total. The van der Waals surface area contributed by atoms with E-state index in [0.717, 1.165) is 78.0 Å². The van der Waals surface area contributed by atoms with Gasteiger partial charge in [0.25, 0.3) is 0 Å². The molecular formula is C59H62N3OPt-. The maximum Gasteiger partial charge on any atom is 0.148 e. The van der Waals surface area contributed by atoms with Crippen molar-refractivity contribution in [3.05, 3.63) is 167 Å². The second-order valence-electron chi connectivity index (χ2n) is 20.1. The molecule has 64 heavy (non-hydrogen) atoms. The van der Waals surface area contributed by atoms with Gasteiger partial charge in [-0.05, 0) is 97.8 Å². The van der Waals surface area contributed by atoms with E-state index in [1.54, 1.807) is 0 Å². The third-order valence-corrected chi connectivity index (χ3v) is 12.4. The van der Waals surface area contributed by atoms with Crippen molar-refractivity contribution in [1.82, 2.24) is 14.5 Å². The third kappa shape index (κ3) is 9.18. The maximum absolute atomic E-state index is 12.3. The first-order valence-corrected chi connectivity index (χ1v) is 22.4. The number of nitrogens with zero attached hydrogens (tertiary/aromatic N) is 3. The Labute approximate surface area is 397 Å². The SMILES string of the molecule is [2H]C(C)(C)c1ccc(-n2c(-c3cc(C(C)C)cc(C(C)C)c3O)nc3c(-c4[c-]c(-c5cc(-c6ccc(C(C)(C)C)cc6)ccn5)cc(C(C)(C)C)c4)cccc32)c(-c2ccccc2)c1.[Pt]. The molecule has 0 aliphatic carbocycles. The van der Waals surface area contributed by atoms with E-state index in [0.29, 0.717) is 11.4 Å². The molecule has 0 bridgehead atoms. The van der Waals surface area contributed by atoms with E-state index >= 15 is 0 Å². The molecule has 0 unspecified atom stereocenters.